The third-order valence-corrected chi connectivity index (χ3v) is 2.64. The van der Waals surface area contributed by atoms with E-state index >= 15 is 0 Å². The molecule has 0 unspecified atom stereocenters. The van der Waals surface area contributed by atoms with Gasteiger partial charge in [-0.25, -0.2) is 4.98 Å². The largest absolute Gasteiger partial charge is 0.356 e. The Bertz CT molecular complexity index is 385. The van der Waals surface area contributed by atoms with E-state index in [0.717, 1.165) is 36.7 Å². The summed E-state index contributed by atoms with van der Waals surface area (Å²) in [6.07, 6.45) is 0. The van der Waals surface area contributed by atoms with Crippen LogP contribution in [0.5, 0.6) is 0 Å². The molecule has 0 saturated heterocycles. The van der Waals surface area contributed by atoms with E-state index in [4.69, 9.17) is 0 Å². The monoisotopic (exact) mass is 233 g/mol. The lowest BCUT2D eigenvalue weighted by molar-refractivity contribution is 0.719. The molecular formula is C14H23N3. The van der Waals surface area contributed by atoms with Crippen LogP contribution in [0.25, 0.3) is 0 Å². The third-order valence-electron chi connectivity index (χ3n) is 2.64. The van der Waals surface area contributed by atoms with E-state index in [1.165, 1.54) is 5.56 Å². The van der Waals surface area contributed by atoms with E-state index < -0.39 is 0 Å². The van der Waals surface area contributed by atoms with Crippen LogP contribution in [-0.2, 0) is 6.54 Å². The molecule has 0 bridgehead atoms. The van der Waals surface area contributed by atoms with Gasteiger partial charge in [0.15, 0.2) is 0 Å². The maximum Gasteiger partial charge on any atom is 0.128 e. The number of nitrogens with one attached hydrogen (secondary N) is 1. The first-order chi connectivity index (χ1) is 8.04. The molecule has 0 aromatic carbocycles. The standard InChI is InChI=1S/C14H23N3/c1-6-15-9-13-7-8-14(16-12(13)4)17(5)10-11(2)3/h7-8,15H,2,6,9-10H2,1,3-5H3. The lowest BCUT2D eigenvalue weighted by Crippen LogP contribution is -2.21. The van der Waals surface area contributed by atoms with Gasteiger partial charge in [0.05, 0.1) is 0 Å². The van der Waals surface area contributed by atoms with Gasteiger partial charge in [0.2, 0.25) is 0 Å². The molecule has 0 aliphatic carbocycles. The average Bonchev–Trinajstić information content (AvgIpc) is 2.26. The summed E-state index contributed by atoms with van der Waals surface area (Å²) in [5.74, 6) is 1.01. The lowest BCUT2D eigenvalue weighted by Gasteiger charge is -2.19. The molecule has 0 amide bonds. The van der Waals surface area contributed by atoms with Crippen LogP contribution < -0.4 is 10.2 Å². The van der Waals surface area contributed by atoms with E-state index in [9.17, 15) is 0 Å². The van der Waals surface area contributed by atoms with Gasteiger partial charge in [0.25, 0.3) is 0 Å². The fraction of sp³-hybridized carbons (Fsp3) is 0.500. The summed E-state index contributed by atoms with van der Waals surface area (Å²) in [5, 5.41) is 3.32. The van der Waals surface area contributed by atoms with Gasteiger partial charge in [0.1, 0.15) is 5.82 Å². The van der Waals surface area contributed by atoms with Crippen molar-refractivity contribution in [3.05, 3.63) is 35.5 Å². The second-order valence-electron chi connectivity index (χ2n) is 4.51. The number of pyridine rings is 1. The Labute approximate surface area is 105 Å². The Balaban J connectivity index is 2.77. The van der Waals surface area contributed by atoms with Crippen molar-refractivity contribution >= 4 is 5.82 Å². The normalized spacial score (nSPS) is 10.4. The minimum atomic E-state index is 0.846. The van der Waals surface area contributed by atoms with Gasteiger partial charge in [-0.05, 0) is 32.0 Å². The van der Waals surface area contributed by atoms with Gasteiger partial charge in [-0.3, -0.25) is 0 Å². The molecule has 1 aromatic heterocycles. The molecule has 0 fully saturated rings. The number of anilines is 1. The molecule has 1 aromatic rings. The summed E-state index contributed by atoms with van der Waals surface area (Å²) < 4.78 is 0. The van der Waals surface area contributed by atoms with Crippen LogP contribution in [-0.4, -0.2) is 25.1 Å². The van der Waals surface area contributed by atoms with Gasteiger partial charge < -0.3 is 10.2 Å². The zero-order chi connectivity index (χ0) is 12.8. The first kappa shape index (κ1) is 13.7. The smallest absolute Gasteiger partial charge is 0.128 e. The Hall–Kier alpha value is -1.35. The van der Waals surface area contributed by atoms with Crippen LogP contribution in [0.15, 0.2) is 24.3 Å². The van der Waals surface area contributed by atoms with Crippen LogP contribution >= 0.6 is 0 Å². The van der Waals surface area contributed by atoms with E-state index in [1.54, 1.807) is 0 Å². The van der Waals surface area contributed by atoms with Crippen LogP contribution in [0.2, 0.25) is 0 Å². The summed E-state index contributed by atoms with van der Waals surface area (Å²) in [5.41, 5.74) is 3.50. The first-order valence-corrected chi connectivity index (χ1v) is 6.07. The maximum absolute atomic E-state index is 4.62. The SMILES string of the molecule is C=C(C)CN(C)c1ccc(CNCC)c(C)n1. The molecule has 1 heterocycles. The molecule has 3 nitrogen and oxygen atoms in total. The zero-order valence-corrected chi connectivity index (χ0v) is 11.4. The van der Waals surface area contributed by atoms with Gasteiger partial charge in [-0.1, -0.05) is 25.1 Å². The molecule has 1 rings (SSSR count). The number of hydrogen-bond acceptors (Lipinski definition) is 3. The van der Waals surface area contributed by atoms with Crippen molar-refractivity contribution in [1.82, 2.24) is 10.3 Å². The fourth-order valence-electron chi connectivity index (χ4n) is 1.72. The highest BCUT2D eigenvalue weighted by Gasteiger charge is 2.05. The van der Waals surface area contributed by atoms with Crippen LogP contribution in [0, 0.1) is 6.92 Å². The highest BCUT2D eigenvalue weighted by atomic mass is 15.2. The summed E-state index contributed by atoms with van der Waals surface area (Å²) in [6, 6.07) is 4.22. The topological polar surface area (TPSA) is 28.2 Å². The number of aryl methyl sites for hydroxylation is 1. The van der Waals surface area contributed by atoms with Crippen molar-refractivity contribution in [1.29, 1.82) is 0 Å². The van der Waals surface area contributed by atoms with E-state index in [1.807, 2.05) is 14.0 Å². The van der Waals surface area contributed by atoms with Gasteiger partial charge >= 0.3 is 0 Å². The van der Waals surface area contributed by atoms with Gasteiger partial charge in [-0.15, -0.1) is 0 Å². The molecule has 0 aliphatic heterocycles. The van der Waals surface area contributed by atoms with Crippen LogP contribution in [0.3, 0.4) is 0 Å². The second kappa shape index (κ2) is 6.40. The molecule has 0 aliphatic rings. The summed E-state index contributed by atoms with van der Waals surface area (Å²) in [6.45, 7) is 12.8. The molecule has 0 saturated carbocycles. The molecule has 0 radical (unpaired) electrons. The summed E-state index contributed by atoms with van der Waals surface area (Å²) in [4.78, 5) is 6.74. The highest BCUT2D eigenvalue weighted by Crippen LogP contribution is 2.14. The number of likely N-dealkylation sites (N-methyl/N-ethyl adjacent to an activating group) is 1. The summed E-state index contributed by atoms with van der Waals surface area (Å²) >= 11 is 0. The number of nitrogens with zero attached hydrogens (tertiary/aromatic N) is 2. The Morgan fingerprint density at radius 2 is 2.18 bits per heavy atom. The van der Waals surface area contributed by atoms with Crippen molar-refractivity contribution in [3.8, 4) is 0 Å². The van der Waals surface area contributed by atoms with E-state index in [-0.39, 0.29) is 0 Å². The summed E-state index contributed by atoms with van der Waals surface area (Å²) in [7, 11) is 2.04. The minimum absolute atomic E-state index is 0.846. The molecule has 0 spiro atoms. The Morgan fingerprint density at radius 3 is 2.71 bits per heavy atom. The third kappa shape index (κ3) is 4.19. The molecule has 17 heavy (non-hydrogen) atoms. The van der Waals surface area contributed by atoms with Crippen LogP contribution in [0.1, 0.15) is 25.1 Å². The number of hydrogen-bond donors (Lipinski definition) is 1. The van der Waals surface area contributed by atoms with Crippen LogP contribution in [0.4, 0.5) is 5.82 Å². The van der Waals surface area contributed by atoms with Crippen molar-refractivity contribution in [2.24, 2.45) is 0 Å². The molecule has 3 heteroatoms. The molecule has 0 atom stereocenters. The van der Waals surface area contributed by atoms with Gasteiger partial charge in [0, 0.05) is 25.8 Å². The predicted molar refractivity (Wildman–Crippen MR) is 74.4 cm³/mol. The quantitative estimate of drug-likeness (QED) is 0.765. The Kier molecular flexibility index (Phi) is 5.16. The maximum atomic E-state index is 4.62. The zero-order valence-electron chi connectivity index (χ0n) is 11.4. The van der Waals surface area contributed by atoms with E-state index in [0.29, 0.717) is 0 Å². The second-order valence-corrected chi connectivity index (χ2v) is 4.51. The number of rotatable bonds is 6. The lowest BCUT2D eigenvalue weighted by atomic mass is 10.2. The van der Waals surface area contributed by atoms with Crippen molar-refractivity contribution < 1.29 is 0 Å². The van der Waals surface area contributed by atoms with Crippen molar-refractivity contribution in [2.45, 2.75) is 27.3 Å². The number of aromatic nitrogens is 1. The minimum Gasteiger partial charge on any atom is -0.356 e. The van der Waals surface area contributed by atoms with Crippen molar-refractivity contribution in [3.63, 3.8) is 0 Å². The average molecular weight is 233 g/mol. The molecular weight excluding hydrogens is 210 g/mol. The predicted octanol–water partition coefficient (Wildman–Crippen LogP) is 2.51. The molecule has 1 N–H and O–H groups in total. The highest BCUT2D eigenvalue weighted by molar-refractivity contribution is 5.42. The van der Waals surface area contributed by atoms with E-state index in [2.05, 4.69) is 47.8 Å². The first-order valence-electron chi connectivity index (χ1n) is 6.07. The Morgan fingerprint density at radius 1 is 1.47 bits per heavy atom. The van der Waals surface area contributed by atoms with Crippen molar-refractivity contribution in [2.75, 3.05) is 25.0 Å². The molecule has 94 valence electrons. The fourth-order valence-corrected chi connectivity index (χ4v) is 1.72. The van der Waals surface area contributed by atoms with Gasteiger partial charge in [-0.2, -0.15) is 0 Å².